The molecule has 0 saturated carbocycles. The zero-order valence-corrected chi connectivity index (χ0v) is 8.60. The van der Waals surface area contributed by atoms with E-state index in [1.165, 1.54) is 0 Å². The molecule has 0 unspecified atom stereocenters. The minimum atomic E-state index is -3.32. The van der Waals surface area contributed by atoms with E-state index in [1.54, 1.807) is 13.2 Å². The second-order valence-corrected chi connectivity index (χ2v) is 4.38. The Morgan fingerprint density at radius 3 is 2.46 bits per heavy atom. The van der Waals surface area contributed by atoms with Crippen molar-refractivity contribution in [2.75, 3.05) is 12.4 Å². The fraction of sp³-hybridized carbons (Fsp3) is 0.875. The number of hydrogen-bond acceptors (Lipinski definition) is 4. The Hall–Kier alpha value is -0.420. The lowest BCUT2D eigenvalue weighted by atomic mass is 10.2. The number of hydrogen-bond donors (Lipinski definition) is 0. The van der Waals surface area contributed by atoms with Gasteiger partial charge < -0.3 is 0 Å². The van der Waals surface area contributed by atoms with Crippen LogP contribution in [0.1, 0.15) is 32.6 Å². The van der Waals surface area contributed by atoms with Crippen molar-refractivity contribution < 1.29 is 17.4 Å². The van der Waals surface area contributed by atoms with Gasteiger partial charge in [-0.05, 0) is 19.8 Å². The van der Waals surface area contributed by atoms with Crippen LogP contribution in [0.3, 0.4) is 0 Å². The number of unbranched alkanes of at least 4 members (excludes halogenated alkanes) is 3. The molecule has 0 aromatic carbocycles. The topological polar surface area (TPSA) is 60.4 Å². The van der Waals surface area contributed by atoms with E-state index in [0.29, 0.717) is 19.3 Å². The van der Waals surface area contributed by atoms with Crippen molar-refractivity contribution in [1.29, 1.82) is 0 Å². The van der Waals surface area contributed by atoms with E-state index in [-0.39, 0.29) is 12.4 Å². The molecule has 0 aliphatic rings. The summed E-state index contributed by atoms with van der Waals surface area (Å²) in [6.45, 7) is 1.82. The third kappa shape index (κ3) is 7.93. The van der Waals surface area contributed by atoms with Gasteiger partial charge in [0.15, 0.2) is 6.29 Å². The zero-order valence-electron chi connectivity index (χ0n) is 7.78. The van der Waals surface area contributed by atoms with Crippen LogP contribution in [0.2, 0.25) is 0 Å². The largest absolute Gasteiger partial charge is 0.291 e. The second kappa shape index (κ2) is 7.03. The predicted molar refractivity (Wildman–Crippen MR) is 49.6 cm³/mol. The molecule has 0 atom stereocenters. The highest BCUT2D eigenvalue weighted by Crippen LogP contribution is 2.02. The van der Waals surface area contributed by atoms with Crippen LogP contribution in [0.5, 0.6) is 0 Å². The molecule has 4 nitrogen and oxygen atoms in total. The molecule has 0 amide bonds. The van der Waals surface area contributed by atoms with E-state index in [2.05, 4.69) is 4.18 Å². The first kappa shape index (κ1) is 12.6. The highest BCUT2D eigenvalue weighted by Gasteiger charge is 2.08. The van der Waals surface area contributed by atoms with Crippen LogP contribution in [0, 0.1) is 0 Å². The maximum atomic E-state index is 11.0. The lowest BCUT2D eigenvalue weighted by molar-refractivity contribution is 0.337. The van der Waals surface area contributed by atoms with E-state index in [0.717, 1.165) is 6.42 Å². The van der Waals surface area contributed by atoms with E-state index < -0.39 is 10.1 Å². The van der Waals surface area contributed by atoms with Gasteiger partial charge in [-0.15, -0.1) is 0 Å². The molecule has 77 valence electrons. The molecule has 0 bridgehead atoms. The smallest absolute Gasteiger partial charge is 0.267 e. The second-order valence-electron chi connectivity index (χ2n) is 2.62. The Morgan fingerprint density at radius 2 is 1.92 bits per heavy atom. The number of carbonyl (C=O) groups excluding carboxylic acids is 1. The minimum Gasteiger partial charge on any atom is -0.291 e. The Balaban J connectivity index is 3.46. The van der Waals surface area contributed by atoms with Gasteiger partial charge in [0, 0.05) is 6.42 Å². The summed E-state index contributed by atoms with van der Waals surface area (Å²) in [5.41, 5.74) is 0. The molecule has 1 radical (unpaired) electrons. The molecule has 0 rings (SSSR count). The maximum Gasteiger partial charge on any atom is 0.267 e. The van der Waals surface area contributed by atoms with E-state index in [9.17, 15) is 13.2 Å². The van der Waals surface area contributed by atoms with Gasteiger partial charge in [-0.1, -0.05) is 6.42 Å². The van der Waals surface area contributed by atoms with Crippen molar-refractivity contribution >= 4 is 16.4 Å². The van der Waals surface area contributed by atoms with Gasteiger partial charge in [0.25, 0.3) is 10.1 Å². The fourth-order valence-electron chi connectivity index (χ4n) is 0.891. The van der Waals surface area contributed by atoms with E-state index >= 15 is 0 Å². The molecule has 0 saturated heterocycles. The van der Waals surface area contributed by atoms with Gasteiger partial charge in [-0.2, -0.15) is 8.42 Å². The van der Waals surface area contributed by atoms with Gasteiger partial charge in [-0.3, -0.25) is 8.98 Å². The normalized spacial score (nSPS) is 11.5. The third-order valence-corrected chi connectivity index (χ3v) is 2.85. The monoisotopic (exact) mass is 207 g/mol. The Bertz CT molecular complexity index is 220. The number of rotatable bonds is 8. The molecule has 0 aromatic heterocycles. The quantitative estimate of drug-likeness (QED) is 0.440. The van der Waals surface area contributed by atoms with Crippen LogP contribution in [-0.4, -0.2) is 27.1 Å². The summed E-state index contributed by atoms with van der Waals surface area (Å²) >= 11 is 0. The van der Waals surface area contributed by atoms with Crippen molar-refractivity contribution in [3.05, 3.63) is 0 Å². The average molecular weight is 207 g/mol. The van der Waals surface area contributed by atoms with Gasteiger partial charge in [-0.25, -0.2) is 0 Å². The van der Waals surface area contributed by atoms with Crippen molar-refractivity contribution in [3.8, 4) is 0 Å². The summed E-state index contributed by atoms with van der Waals surface area (Å²) in [5, 5.41) is 0. The average Bonchev–Trinajstić information content (AvgIpc) is 2.04. The summed E-state index contributed by atoms with van der Waals surface area (Å²) in [5.74, 6) is 0.0414. The van der Waals surface area contributed by atoms with Crippen LogP contribution in [0.4, 0.5) is 0 Å². The summed E-state index contributed by atoms with van der Waals surface area (Å²) in [7, 11) is -3.32. The molecule has 5 heteroatoms. The molecule has 0 heterocycles. The van der Waals surface area contributed by atoms with Gasteiger partial charge in [0.1, 0.15) is 0 Å². The predicted octanol–water partition coefficient (Wildman–Crippen LogP) is 1.02. The first-order chi connectivity index (χ1) is 6.12. The maximum absolute atomic E-state index is 11.0. The van der Waals surface area contributed by atoms with Crippen LogP contribution in [0.25, 0.3) is 0 Å². The molecule has 0 fully saturated rings. The highest BCUT2D eigenvalue weighted by atomic mass is 32.2. The summed E-state index contributed by atoms with van der Waals surface area (Å²) in [4.78, 5) is 9.80. The SMILES string of the molecule is CCOS(=O)(=O)CCCCC[C]=O. The Morgan fingerprint density at radius 1 is 1.23 bits per heavy atom. The standard InChI is InChI=1S/C8H15O4S/c1-2-12-13(10,11)8-6-4-3-5-7-9/h2-6,8H2,1H3. The Kier molecular flexibility index (Phi) is 6.80. The summed E-state index contributed by atoms with van der Waals surface area (Å²) in [6.07, 6.45) is 4.11. The van der Waals surface area contributed by atoms with E-state index in [4.69, 9.17) is 0 Å². The fourth-order valence-corrected chi connectivity index (χ4v) is 1.93. The van der Waals surface area contributed by atoms with Crippen LogP contribution in [0.15, 0.2) is 0 Å². The molecule has 0 aliphatic heterocycles. The minimum absolute atomic E-state index is 0.0414. The van der Waals surface area contributed by atoms with Gasteiger partial charge in [0.2, 0.25) is 0 Å². The van der Waals surface area contributed by atoms with Gasteiger partial charge >= 0.3 is 0 Å². The van der Waals surface area contributed by atoms with Crippen molar-refractivity contribution in [1.82, 2.24) is 0 Å². The molecule has 13 heavy (non-hydrogen) atoms. The molecule has 0 aliphatic carbocycles. The summed E-state index contributed by atoms with van der Waals surface area (Å²) in [6, 6.07) is 0. The first-order valence-corrected chi connectivity index (χ1v) is 5.92. The lowest BCUT2D eigenvalue weighted by Crippen LogP contribution is -2.10. The molecule has 0 aromatic rings. The highest BCUT2D eigenvalue weighted by molar-refractivity contribution is 7.86. The van der Waals surface area contributed by atoms with Crippen molar-refractivity contribution in [2.24, 2.45) is 0 Å². The lowest BCUT2D eigenvalue weighted by Gasteiger charge is -2.01. The third-order valence-electron chi connectivity index (χ3n) is 1.47. The van der Waals surface area contributed by atoms with Crippen LogP contribution < -0.4 is 0 Å². The van der Waals surface area contributed by atoms with E-state index in [1.807, 2.05) is 0 Å². The van der Waals surface area contributed by atoms with Gasteiger partial charge in [0.05, 0.1) is 12.4 Å². The van der Waals surface area contributed by atoms with Crippen LogP contribution >= 0.6 is 0 Å². The van der Waals surface area contributed by atoms with Crippen molar-refractivity contribution in [2.45, 2.75) is 32.6 Å². The Labute approximate surface area is 79.4 Å². The molecular formula is C8H15O4S. The molecule has 0 N–H and O–H groups in total. The molecule has 0 spiro atoms. The first-order valence-electron chi connectivity index (χ1n) is 4.34. The zero-order chi connectivity index (χ0) is 10.2. The van der Waals surface area contributed by atoms with Crippen LogP contribution in [-0.2, 0) is 19.1 Å². The molecular weight excluding hydrogens is 192 g/mol. The van der Waals surface area contributed by atoms with Crippen molar-refractivity contribution in [3.63, 3.8) is 0 Å². The summed E-state index contributed by atoms with van der Waals surface area (Å²) < 4.78 is 26.5.